The van der Waals surface area contributed by atoms with Crippen molar-refractivity contribution in [3.8, 4) is 0 Å². The third kappa shape index (κ3) is 9.57. The Morgan fingerprint density at radius 3 is 2.14 bits per heavy atom. The molecule has 1 saturated heterocycles. The number of alkyl carbamates (subject to hydrolysis) is 1. The zero-order chi connectivity index (χ0) is 37.7. The number of ether oxygens (including phenoxy) is 1. The van der Waals surface area contributed by atoms with Crippen LogP contribution in [0.2, 0.25) is 0 Å². The second kappa shape index (κ2) is 16.3. The highest BCUT2D eigenvalue weighted by Gasteiger charge is 2.69. The molecule has 6 atom stereocenters. The highest BCUT2D eigenvalue weighted by atomic mass is 16.6. The molecule has 50 heavy (non-hydrogen) atoms. The van der Waals surface area contributed by atoms with Crippen molar-refractivity contribution in [2.75, 3.05) is 20.6 Å². The van der Waals surface area contributed by atoms with Gasteiger partial charge in [-0.15, -0.1) is 0 Å². The number of benzene rings is 1. The molecule has 1 aromatic carbocycles. The summed E-state index contributed by atoms with van der Waals surface area (Å²) in [7, 11) is 3.16. The maximum absolute atomic E-state index is 14.1. The van der Waals surface area contributed by atoms with Crippen molar-refractivity contribution >= 4 is 41.2 Å². The van der Waals surface area contributed by atoms with Gasteiger partial charge in [-0.05, 0) is 48.5 Å². The first-order valence-corrected chi connectivity index (χ1v) is 17.6. The van der Waals surface area contributed by atoms with Crippen LogP contribution < -0.4 is 10.6 Å². The molecule has 4 amide bonds. The predicted octanol–water partition coefficient (Wildman–Crippen LogP) is 4.26. The van der Waals surface area contributed by atoms with Crippen molar-refractivity contribution in [2.45, 2.75) is 112 Å². The first kappa shape index (κ1) is 40.3. The Morgan fingerprint density at radius 2 is 1.60 bits per heavy atom. The quantitative estimate of drug-likeness (QED) is 0.243. The molecule has 276 valence electrons. The molecular weight excluding hydrogens is 640 g/mol. The van der Waals surface area contributed by atoms with Crippen molar-refractivity contribution in [1.29, 1.82) is 0 Å². The molecule has 2 fully saturated rings. The summed E-state index contributed by atoms with van der Waals surface area (Å²) in [4.78, 5) is 96.0. The third-order valence-electron chi connectivity index (χ3n) is 9.97. The summed E-state index contributed by atoms with van der Waals surface area (Å²) in [6.07, 6.45) is -1.15. The Balaban J connectivity index is 1.72. The average molecular weight is 697 g/mol. The number of carbonyl (C=O) groups excluding carboxylic acids is 7. The van der Waals surface area contributed by atoms with Crippen LogP contribution in [-0.2, 0) is 33.5 Å². The van der Waals surface area contributed by atoms with Crippen molar-refractivity contribution in [1.82, 2.24) is 20.4 Å². The van der Waals surface area contributed by atoms with Gasteiger partial charge in [0.2, 0.25) is 23.5 Å². The predicted molar refractivity (Wildman–Crippen MR) is 188 cm³/mol. The van der Waals surface area contributed by atoms with Crippen LogP contribution in [0.3, 0.4) is 0 Å². The fourth-order valence-electron chi connectivity index (χ4n) is 7.10. The number of rotatable bonds is 16. The lowest BCUT2D eigenvalue weighted by Gasteiger charge is -2.37. The van der Waals surface area contributed by atoms with E-state index in [4.69, 9.17) is 4.74 Å². The summed E-state index contributed by atoms with van der Waals surface area (Å²) in [5.41, 5.74) is -0.287. The summed E-state index contributed by atoms with van der Waals surface area (Å²) >= 11 is 0. The number of likely N-dealkylation sites (N-methyl/N-ethyl adjacent to an activating group) is 1. The first-order chi connectivity index (χ1) is 23.2. The Kier molecular flexibility index (Phi) is 13.1. The molecule has 0 radical (unpaired) electrons. The van der Waals surface area contributed by atoms with E-state index >= 15 is 0 Å². The normalized spacial score (nSPS) is 20.9. The highest BCUT2D eigenvalue weighted by Crippen LogP contribution is 2.65. The van der Waals surface area contributed by atoms with Crippen molar-refractivity contribution in [2.24, 2.45) is 28.6 Å². The van der Waals surface area contributed by atoms with Crippen molar-refractivity contribution in [3.05, 3.63) is 35.9 Å². The molecule has 2 aliphatic rings. The minimum atomic E-state index is -0.958. The largest absolute Gasteiger partial charge is 0.447 e. The van der Waals surface area contributed by atoms with Crippen LogP contribution in [0.5, 0.6) is 0 Å². The van der Waals surface area contributed by atoms with Crippen LogP contribution in [0, 0.1) is 28.6 Å². The van der Waals surface area contributed by atoms with Crippen LogP contribution in [-0.4, -0.2) is 89.8 Å². The van der Waals surface area contributed by atoms with E-state index in [1.807, 2.05) is 27.7 Å². The number of hydrogen-bond acceptors (Lipinski definition) is 8. The monoisotopic (exact) mass is 696 g/mol. The average Bonchev–Trinajstić information content (AvgIpc) is 3.33. The van der Waals surface area contributed by atoms with Gasteiger partial charge in [-0.1, -0.05) is 78.3 Å². The van der Waals surface area contributed by atoms with E-state index in [-0.39, 0.29) is 60.2 Å². The molecule has 1 saturated carbocycles. The second-order valence-electron chi connectivity index (χ2n) is 15.9. The molecule has 4 unspecified atom stereocenters. The number of amides is 4. The molecule has 12 heteroatoms. The number of Topliss-reactive ketones (excluding diaryl/α,β-unsaturated/α-hetero) is 3. The number of likely N-dealkylation sites (tertiary alicyclic amines) is 1. The summed E-state index contributed by atoms with van der Waals surface area (Å²) in [6, 6.07) is 6.04. The van der Waals surface area contributed by atoms with E-state index < -0.39 is 53.0 Å². The standard InChI is InChI=1S/C38H56N4O8/c1-11-15-24(32(46)26(43)18-19-28(45)39-30(34(47)41(9)10)23-16-13-12-14-17-23)20-27(44)31-29-25(38(29,7)8)21-42(31)35(48)33(37(4,5)6)40-36(49)50-22(2)3/h12-14,16-17,22,24-25,29-31,33H,11,15,18-21H2,1-10H3,(H,39,45)(H,40,49)/t24?,25?,29?,30?,31-,33-/m1/s1. The molecule has 0 spiro atoms. The smallest absolute Gasteiger partial charge is 0.408 e. The van der Waals surface area contributed by atoms with E-state index in [2.05, 4.69) is 24.5 Å². The van der Waals surface area contributed by atoms with Gasteiger partial charge >= 0.3 is 6.09 Å². The minimum Gasteiger partial charge on any atom is -0.447 e. The topological polar surface area (TPSA) is 159 Å². The number of ketones is 3. The molecule has 3 rings (SSSR count). The number of fused-ring (bicyclic) bond motifs is 1. The van der Waals surface area contributed by atoms with Crippen LogP contribution in [0.1, 0.15) is 99.1 Å². The lowest BCUT2D eigenvalue weighted by molar-refractivity contribution is -0.145. The van der Waals surface area contributed by atoms with E-state index in [0.717, 1.165) is 0 Å². The van der Waals surface area contributed by atoms with Gasteiger partial charge in [-0.25, -0.2) is 4.79 Å². The van der Waals surface area contributed by atoms with Crippen LogP contribution in [0.4, 0.5) is 4.79 Å². The zero-order valence-electron chi connectivity index (χ0n) is 31.3. The van der Waals surface area contributed by atoms with E-state index in [1.165, 1.54) is 4.90 Å². The molecule has 0 bridgehead atoms. The van der Waals surface area contributed by atoms with Gasteiger partial charge in [0.15, 0.2) is 11.6 Å². The summed E-state index contributed by atoms with van der Waals surface area (Å²) in [5.74, 6) is -3.97. The third-order valence-corrected chi connectivity index (χ3v) is 9.97. The fourth-order valence-corrected chi connectivity index (χ4v) is 7.10. The van der Waals surface area contributed by atoms with Crippen LogP contribution in [0.15, 0.2) is 30.3 Å². The second-order valence-corrected chi connectivity index (χ2v) is 15.9. The van der Waals surface area contributed by atoms with Crippen molar-refractivity contribution in [3.63, 3.8) is 0 Å². The highest BCUT2D eigenvalue weighted by molar-refractivity contribution is 6.38. The molecular formula is C38H56N4O8. The van der Waals surface area contributed by atoms with Crippen LogP contribution in [0.25, 0.3) is 0 Å². The minimum absolute atomic E-state index is 0.0863. The molecule has 1 aliphatic carbocycles. The maximum atomic E-state index is 14.1. The van der Waals surface area contributed by atoms with Gasteiger partial charge in [0, 0.05) is 45.8 Å². The number of piperidine rings is 1. The van der Waals surface area contributed by atoms with E-state index in [1.54, 1.807) is 63.2 Å². The molecule has 2 N–H and O–H groups in total. The molecule has 1 aromatic rings. The van der Waals surface area contributed by atoms with Gasteiger partial charge in [0.25, 0.3) is 0 Å². The van der Waals surface area contributed by atoms with E-state index in [9.17, 15) is 33.6 Å². The van der Waals surface area contributed by atoms with Gasteiger partial charge < -0.3 is 25.2 Å². The summed E-state index contributed by atoms with van der Waals surface area (Å²) < 4.78 is 5.25. The maximum Gasteiger partial charge on any atom is 0.408 e. The Labute approximate surface area is 296 Å². The number of nitrogens with zero attached hydrogens (tertiary/aromatic N) is 2. The molecule has 12 nitrogen and oxygen atoms in total. The van der Waals surface area contributed by atoms with E-state index in [0.29, 0.717) is 24.9 Å². The summed E-state index contributed by atoms with van der Waals surface area (Å²) in [6.45, 7) is 15.2. The van der Waals surface area contributed by atoms with Gasteiger partial charge in [-0.2, -0.15) is 0 Å². The lowest BCUT2D eigenvalue weighted by Crippen LogP contribution is -2.58. The van der Waals surface area contributed by atoms with Crippen LogP contribution >= 0.6 is 0 Å². The molecule has 1 aliphatic heterocycles. The Morgan fingerprint density at radius 1 is 0.980 bits per heavy atom. The Bertz CT molecular complexity index is 1450. The van der Waals surface area contributed by atoms with Crippen molar-refractivity contribution < 1.29 is 38.3 Å². The Hall–Kier alpha value is -4.09. The SMILES string of the molecule is CCCC(CC(=O)[C@@H]1C2C(CN1C(=O)[C@@H](NC(=O)OC(C)C)C(C)(C)C)C2(C)C)C(=O)C(=O)CCC(=O)NC(C(=O)N(C)C)c1ccccc1. The number of hydrogen-bond donors (Lipinski definition) is 2. The fraction of sp³-hybridized carbons (Fsp3) is 0.658. The van der Waals surface area contributed by atoms with Gasteiger partial charge in [0.05, 0.1) is 12.1 Å². The molecule has 1 heterocycles. The number of carbonyl (C=O) groups is 7. The first-order valence-electron chi connectivity index (χ1n) is 17.6. The lowest BCUT2D eigenvalue weighted by atomic mass is 9.84. The summed E-state index contributed by atoms with van der Waals surface area (Å²) in [5, 5.41) is 5.39. The van der Waals surface area contributed by atoms with Gasteiger partial charge in [-0.3, -0.25) is 28.8 Å². The number of nitrogens with one attached hydrogen (secondary N) is 2. The zero-order valence-corrected chi connectivity index (χ0v) is 31.3. The molecule has 0 aromatic heterocycles. The van der Waals surface area contributed by atoms with Gasteiger partial charge in [0.1, 0.15) is 12.1 Å².